The highest BCUT2D eigenvalue weighted by molar-refractivity contribution is 5.83. The quantitative estimate of drug-likeness (QED) is 0.616. The number of nitrogens with one attached hydrogen (secondary N) is 2. The predicted octanol–water partition coefficient (Wildman–Crippen LogP) is 1.50. The third-order valence-electron chi connectivity index (χ3n) is 3.04. The van der Waals surface area contributed by atoms with Gasteiger partial charge < -0.3 is 15.7 Å². The summed E-state index contributed by atoms with van der Waals surface area (Å²) in [5.74, 6) is -0.555. The van der Waals surface area contributed by atoms with E-state index in [9.17, 15) is 9.59 Å². The molecule has 0 aromatic rings. The number of rotatable bonds is 6. The Morgan fingerprint density at radius 2 is 2.12 bits per heavy atom. The summed E-state index contributed by atoms with van der Waals surface area (Å²) in [7, 11) is 0. The Balaban J connectivity index is 2.46. The van der Waals surface area contributed by atoms with Gasteiger partial charge in [0.1, 0.15) is 6.04 Å². The maximum atomic E-state index is 11.7. The average molecular weight is 240 g/mol. The van der Waals surface area contributed by atoms with E-state index in [-0.39, 0.29) is 12.0 Å². The number of urea groups is 1. The van der Waals surface area contributed by atoms with Crippen LogP contribution in [0.1, 0.15) is 33.1 Å². The van der Waals surface area contributed by atoms with Gasteiger partial charge in [-0.15, -0.1) is 6.58 Å². The zero-order valence-electron chi connectivity index (χ0n) is 10.3. The van der Waals surface area contributed by atoms with Gasteiger partial charge in [-0.2, -0.15) is 0 Å². The number of hydrogen-bond acceptors (Lipinski definition) is 2. The van der Waals surface area contributed by atoms with E-state index in [1.54, 1.807) is 0 Å². The maximum absolute atomic E-state index is 11.7. The number of carbonyl (C=O) groups is 2. The summed E-state index contributed by atoms with van der Waals surface area (Å²) in [4.78, 5) is 22.5. The Kier molecular flexibility index (Phi) is 4.15. The molecule has 1 rings (SSSR count). The monoisotopic (exact) mass is 240 g/mol. The van der Waals surface area contributed by atoms with E-state index in [4.69, 9.17) is 5.11 Å². The summed E-state index contributed by atoms with van der Waals surface area (Å²) in [6, 6.07) is -1.35. The predicted molar refractivity (Wildman–Crippen MR) is 64.7 cm³/mol. The Labute approximate surface area is 101 Å². The second kappa shape index (κ2) is 5.21. The van der Waals surface area contributed by atoms with E-state index in [0.717, 1.165) is 12.8 Å². The molecule has 96 valence electrons. The molecular weight excluding hydrogens is 220 g/mol. The molecule has 1 saturated carbocycles. The first-order valence-corrected chi connectivity index (χ1v) is 5.79. The van der Waals surface area contributed by atoms with Gasteiger partial charge in [-0.25, -0.2) is 9.59 Å². The van der Waals surface area contributed by atoms with Crippen LogP contribution in [0.15, 0.2) is 12.7 Å². The summed E-state index contributed by atoms with van der Waals surface area (Å²) in [6.07, 6.45) is 3.92. The topological polar surface area (TPSA) is 78.4 Å². The molecule has 1 fully saturated rings. The number of carboxylic acids is 1. The Morgan fingerprint density at radius 3 is 2.53 bits per heavy atom. The van der Waals surface area contributed by atoms with Crippen molar-refractivity contribution in [3.63, 3.8) is 0 Å². The van der Waals surface area contributed by atoms with Crippen molar-refractivity contribution in [1.29, 1.82) is 0 Å². The minimum absolute atomic E-state index is 0.215. The SMILES string of the molecule is C=CCC(NC(=O)NC(C)(C)C1CC1)C(=O)O. The summed E-state index contributed by atoms with van der Waals surface area (Å²) in [5, 5.41) is 14.1. The van der Waals surface area contributed by atoms with Crippen molar-refractivity contribution in [2.75, 3.05) is 0 Å². The van der Waals surface area contributed by atoms with Gasteiger partial charge in [0.2, 0.25) is 0 Å². The summed E-state index contributed by atoms with van der Waals surface area (Å²) in [6.45, 7) is 7.37. The van der Waals surface area contributed by atoms with Crippen molar-refractivity contribution in [3.8, 4) is 0 Å². The smallest absolute Gasteiger partial charge is 0.326 e. The highest BCUT2D eigenvalue weighted by Crippen LogP contribution is 2.39. The molecule has 0 aromatic heterocycles. The molecule has 5 heteroatoms. The second-order valence-corrected chi connectivity index (χ2v) is 5.01. The summed E-state index contributed by atoms with van der Waals surface area (Å²) >= 11 is 0. The fourth-order valence-corrected chi connectivity index (χ4v) is 1.78. The zero-order valence-corrected chi connectivity index (χ0v) is 10.3. The lowest BCUT2D eigenvalue weighted by Crippen LogP contribution is -2.53. The third-order valence-corrected chi connectivity index (χ3v) is 3.04. The Hall–Kier alpha value is -1.52. The Morgan fingerprint density at radius 1 is 1.53 bits per heavy atom. The van der Waals surface area contributed by atoms with E-state index in [1.807, 2.05) is 13.8 Å². The van der Waals surface area contributed by atoms with E-state index in [2.05, 4.69) is 17.2 Å². The second-order valence-electron chi connectivity index (χ2n) is 5.01. The normalized spacial score (nSPS) is 17.1. The van der Waals surface area contributed by atoms with E-state index in [1.165, 1.54) is 6.08 Å². The van der Waals surface area contributed by atoms with Crippen molar-refractivity contribution in [2.24, 2.45) is 5.92 Å². The average Bonchev–Trinajstić information content (AvgIpc) is 2.98. The van der Waals surface area contributed by atoms with Gasteiger partial charge in [0.25, 0.3) is 0 Å². The molecule has 2 amide bonds. The van der Waals surface area contributed by atoms with Gasteiger partial charge in [0.15, 0.2) is 0 Å². The summed E-state index contributed by atoms with van der Waals surface area (Å²) < 4.78 is 0. The van der Waals surface area contributed by atoms with Crippen LogP contribution in [0.4, 0.5) is 4.79 Å². The van der Waals surface area contributed by atoms with Crippen LogP contribution in [0.5, 0.6) is 0 Å². The minimum atomic E-state index is -1.05. The van der Waals surface area contributed by atoms with Gasteiger partial charge >= 0.3 is 12.0 Å². The molecule has 1 aliphatic carbocycles. The van der Waals surface area contributed by atoms with Gasteiger partial charge in [0.05, 0.1) is 0 Å². The number of amides is 2. The molecule has 0 radical (unpaired) electrons. The van der Waals surface area contributed by atoms with Crippen molar-refractivity contribution in [1.82, 2.24) is 10.6 Å². The van der Waals surface area contributed by atoms with Crippen LogP contribution < -0.4 is 10.6 Å². The third kappa shape index (κ3) is 4.09. The van der Waals surface area contributed by atoms with E-state index >= 15 is 0 Å². The first kappa shape index (κ1) is 13.5. The molecule has 0 aliphatic heterocycles. The van der Waals surface area contributed by atoms with Crippen LogP contribution in [0.3, 0.4) is 0 Å². The van der Waals surface area contributed by atoms with Crippen LogP contribution in [-0.2, 0) is 4.79 Å². The number of carboxylic acid groups (broad SMARTS) is 1. The fraction of sp³-hybridized carbons (Fsp3) is 0.667. The highest BCUT2D eigenvalue weighted by atomic mass is 16.4. The number of aliphatic carboxylic acids is 1. The zero-order chi connectivity index (χ0) is 13.1. The van der Waals surface area contributed by atoms with Crippen molar-refractivity contribution in [3.05, 3.63) is 12.7 Å². The van der Waals surface area contributed by atoms with Crippen LogP contribution in [0.25, 0.3) is 0 Å². The molecule has 0 saturated heterocycles. The molecule has 1 aliphatic rings. The summed E-state index contributed by atoms with van der Waals surface area (Å²) in [5.41, 5.74) is -0.276. The molecule has 3 N–H and O–H groups in total. The van der Waals surface area contributed by atoms with Crippen molar-refractivity contribution >= 4 is 12.0 Å². The van der Waals surface area contributed by atoms with Crippen LogP contribution in [0.2, 0.25) is 0 Å². The molecule has 0 aromatic carbocycles. The minimum Gasteiger partial charge on any atom is -0.480 e. The van der Waals surface area contributed by atoms with Crippen molar-refractivity contribution in [2.45, 2.75) is 44.7 Å². The molecule has 0 spiro atoms. The van der Waals surface area contributed by atoms with Crippen LogP contribution >= 0.6 is 0 Å². The first-order valence-electron chi connectivity index (χ1n) is 5.79. The largest absolute Gasteiger partial charge is 0.480 e. The first-order chi connectivity index (χ1) is 7.86. The van der Waals surface area contributed by atoms with Crippen molar-refractivity contribution < 1.29 is 14.7 Å². The lowest BCUT2D eigenvalue weighted by atomic mass is 9.99. The molecule has 0 heterocycles. The molecule has 17 heavy (non-hydrogen) atoms. The van der Waals surface area contributed by atoms with Crippen LogP contribution in [0, 0.1) is 5.92 Å². The maximum Gasteiger partial charge on any atom is 0.326 e. The number of carbonyl (C=O) groups excluding carboxylic acids is 1. The highest BCUT2D eigenvalue weighted by Gasteiger charge is 2.39. The Bertz CT molecular complexity index is 322. The molecular formula is C12H20N2O3. The van der Waals surface area contributed by atoms with Gasteiger partial charge in [-0.1, -0.05) is 6.08 Å². The lowest BCUT2D eigenvalue weighted by Gasteiger charge is -2.27. The molecule has 1 unspecified atom stereocenters. The van der Waals surface area contributed by atoms with Crippen LogP contribution in [-0.4, -0.2) is 28.7 Å². The fourth-order valence-electron chi connectivity index (χ4n) is 1.78. The number of hydrogen-bond donors (Lipinski definition) is 3. The molecule has 1 atom stereocenters. The standard InChI is InChI=1S/C12H20N2O3/c1-4-5-9(10(15)16)13-11(17)14-12(2,3)8-6-7-8/h4,8-9H,1,5-7H2,2-3H3,(H,15,16)(H2,13,14,17). The molecule has 5 nitrogen and oxygen atoms in total. The van der Waals surface area contributed by atoms with E-state index < -0.39 is 18.0 Å². The van der Waals surface area contributed by atoms with E-state index in [0.29, 0.717) is 5.92 Å². The van der Waals surface area contributed by atoms with Gasteiger partial charge in [-0.05, 0) is 39.0 Å². The van der Waals surface area contributed by atoms with Gasteiger partial charge in [0, 0.05) is 5.54 Å². The lowest BCUT2D eigenvalue weighted by molar-refractivity contribution is -0.139. The molecule has 0 bridgehead atoms. The van der Waals surface area contributed by atoms with Gasteiger partial charge in [-0.3, -0.25) is 0 Å².